The molecule has 0 aliphatic carbocycles. The molecule has 5 nitrogen and oxygen atoms in total. The number of nitrogens with zero attached hydrogens (tertiary/aromatic N) is 2. The molecule has 20 heavy (non-hydrogen) atoms. The molecule has 1 fully saturated rings. The molecule has 1 heterocycles. The van der Waals surface area contributed by atoms with Crippen molar-refractivity contribution in [2.45, 2.75) is 24.2 Å². The molecular weight excluding hydrogens is 274 g/mol. The number of hydrogen-bond acceptors (Lipinski definition) is 4. The van der Waals surface area contributed by atoms with Gasteiger partial charge in [-0.05, 0) is 43.9 Å². The Bertz CT molecular complexity index is 605. The number of piperidine rings is 1. The van der Waals surface area contributed by atoms with Gasteiger partial charge in [0, 0.05) is 13.1 Å². The van der Waals surface area contributed by atoms with Crippen LogP contribution in [0.3, 0.4) is 0 Å². The van der Waals surface area contributed by atoms with Crippen molar-refractivity contribution < 1.29 is 8.42 Å². The van der Waals surface area contributed by atoms with Crippen LogP contribution >= 0.6 is 0 Å². The van der Waals surface area contributed by atoms with Gasteiger partial charge >= 0.3 is 0 Å². The molecule has 1 atom stereocenters. The minimum atomic E-state index is -3.59. The highest BCUT2D eigenvalue weighted by molar-refractivity contribution is 7.89. The molecule has 1 aromatic carbocycles. The molecule has 0 aromatic heterocycles. The molecule has 0 saturated carbocycles. The molecule has 6 heteroatoms. The van der Waals surface area contributed by atoms with Crippen LogP contribution in [0.15, 0.2) is 29.2 Å². The third kappa shape index (κ3) is 3.01. The van der Waals surface area contributed by atoms with Crippen molar-refractivity contribution in [3.8, 4) is 6.07 Å². The lowest BCUT2D eigenvalue weighted by Crippen LogP contribution is -2.40. The minimum absolute atomic E-state index is 0.107. The lowest BCUT2D eigenvalue weighted by atomic mass is 9.96. The van der Waals surface area contributed by atoms with Gasteiger partial charge in [0.25, 0.3) is 0 Å². The van der Waals surface area contributed by atoms with Gasteiger partial charge in [-0.25, -0.2) is 8.42 Å². The Hall–Kier alpha value is -1.42. The van der Waals surface area contributed by atoms with E-state index in [1.807, 2.05) is 6.07 Å². The van der Waals surface area contributed by atoms with E-state index in [4.69, 9.17) is 11.0 Å². The van der Waals surface area contributed by atoms with Crippen molar-refractivity contribution >= 4 is 10.0 Å². The minimum Gasteiger partial charge on any atom is -0.330 e. The summed E-state index contributed by atoms with van der Waals surface area (Å²) < 4.78 is 26.8. The summed E-state index contributed by atoms with van der Waals surface area (Å²) in [6.45, 7) is 1.59. The second-order valence-corrected chi connectivity index (χ2v) is 6.96. The normalized spacial score (nSPS) is 20.5. The van der Waals surface area contributed by atoms with Gasteiger partial charge in [-0.15, -0.1) is 0 Å². The van der Waals surface area contributed by atoms with Crippen molar-refractivity contribution in [3.05, 3.63) is 29.8 Å². The van der Waals surface area contributed by atoms with Gasteiger partial charge in [0.2, 0.25) is 10.0 Å². The van der Waals surface area contributed by atoms with E-state index in [1.54, 1.807) is 12.1 Å². The van der Waals surface area contributed by atoms with Gasteiger partial charge < -0.3 is 5.73 Å². The largest absolute Gasteiger partial charge is 0.330 e. The highest BCUT2D eigenvalue weighted by Gasteiger charge is 2.31. The Morgan fingerprint density at radius 2 is 2.15 bits per heavy atom. The molecule has 1 aliphatic heterocycles. The first kappa shape index (κ1) is 15.0. The number of nitriles is 1. The van der Waals surface area contributed by atoms with E-state index in [2.05, 4.69) is 0 Å². The van der Waals surface area contributed by atoms with Crippen molar-refractivity contribution in [2.75, 3.05) is 19.6 Å². The van der Waals surface area contributed by atoms with Crippen LogP contribution in [0.4, 0.5) is 0 Å². The van der Waals surface area contributed by atoms with Crippen molar-refractivity contribution in [3.63, 3.8) is 0 Å². The Kier molecular flexibility index (Phi) is 4.76. The van der Waals surface area contributed by atoms with Crippen LogP contribution in [0.1, 0.15) is 24.8 Å². The molecule has 0 spiro atoms. The number of hydrogen-bond donors (Lipinski definition) is 1. The van der Waals surface area contributed by atoms with E-state index in [9.17, 15) is 8.42 Å². The fourth-order valence-corrected chi connectivity index (χ4v) is 4.34. The van der Waals surface area contributed by atoms with Crippen LogP contribution in [0, 0.1) is 17.2 Å². The van der Waals surface area contributed by atoms with E-state index in [1.165, 1.54) is 16.4 Å². The third-order valence-electron chi connectivity index (χ3n) is 3.68. The Morgan fingerprint density at radius 3 is 2.85 bits per heavy atom. The number of rotatable bonds is 4. The van der Waals surface area contributed by atoms with Gasteiger partial charge in [-0.1, -0.05) is 12.1 Å². The molecular formula is C14H19N3O2S. The van der Waals surface area contributed by atoms with Crippen LogP contribution in [-0.4, -0.2) is 32.4 Å². The number of benzene rings is 1. The molecule has 108 valence electrons. The topological polar surface area (TPSA) is 87.2 Å². The second-order valence-electron chi connectivity index (χ2n) is 5.06. The smallest absolute Gasteiger partial charge is 0.244 e. The number of nitrogens with two attached hydrogens (primary N) is 1. The second kappa shape index (κ2) is 6.35. The summed E-state index contributed by atoms with van der Waals surface area (Å²) >= 11 is 0. The summed E-state index contributed by atoms with van der Waals surface area (Å²) in [5, 5.41) is 9.07. The molecule has 1 aromatic rings. The van der Waals surface area contributed by atoms with E-state index in [-0.39, 0.29) is 10.5 Å². The first-order valence-corrected chi connectivity index (χ1v) is 8.23. The predicted octanol–water partition coefficient (Wildman–Crippen LogP) is 1.31. The Labute approximate surface area is 120 Å². The maximum absolute atomic E-state index is 12.7. The summed E-state index contributed by atoms with van der Waals surface area (Å²) in [6, 6.07) is 8.31. The summed E-state index contributed by atoms with van der Waals surface area (Å²) in [5.74, 6) is 0.317. The maximum Gasteiger partial charge on any atom is 0.244 e. The van der Waals surface area contributed by atoms with Gasteiger partial charge in [0.15, 0.2) is 0 Å². The van der Waals surface area contributed by atoms with Crippen molar-refractivity contribution in [1.29, 1.82) is 5.26 Å². The zero-order chi connectivity index (χ0) is 14.6. The van der Waals surface area contributed by atoms with E-state index in [0.717, 1.165) is 19.3 Å². The molecule has 0 amide bonds. The van der Waals surface area contributed by atoms with Gasteiger partial charge in [-0.3, -0.25) is 0 Å². The van der Waals surface area contributed by atoms with Gasteiger partial charge in [-0.2, -0.15) is 9.57 Å². The van der Waals surface area contributed by atoms with Gasteiger partial charge in [0.1, 0.15) is 6.07 Å². The first-order valence-electron chi connectivity index (χ1n) is 6.79. The maximum atomic E-state index is 12.7. The fourth-order valence-electron chi connectivity index (χ4n) is 2.64. The average molecular weight is 293 g/mol. The van der Waals surface area contributed by atoms with E-state index < -0.39 is 10.0 Å². The van der Waals surface area contributed by atoms with Crippen molar-refractivity contribution in [2.24, 2.45) is 11.7 Å². The van der Waals surface area contributed by atoms with Crippen LogP contribution in [0.5, 0.6) is 0 Å². The third-order valence-corrected chi connectivity index (χ3v) is 5.61. The monoisotopic (exact) mass is 293 g/mol. The summed E-state index contributed by atoms with van der Waals surface area (Å²) in [6.07, 6.45) is 2.70. The summed E-state index contributed by atoms with van der Waals surface area (Å²) in [4.78, 5) is 0.107. The molecule has 0 radical (unpaired) electrons. The van der Waals surface area contributed by atoms with Crippen molar-refractivity contribution in [1.82, 2.24) is 4.31 Å². The molecule has 2 rings (SSSR count). The lowest BCUT2D eigenvalue weighted by molar-refractivity contribution is 0.258. The zero-order valence-electron chi connectivity index (χ0n) is 11.3. The molecule has 2 N–H and O–H groups in total. The SMILES string of the molecule is N#Cc1ccccc1S(=O)(=O)N1CCCC(CCN)C1. The van der Waals surface area contributed by atoms with Crippen LogP contribution < -0.4 is 5.73 Å². The highest BCUT2D eigenvalue weighted by Crippen LogP contribution is 2.26. The molecule has 1 aliphatic rings. The van der Waals surface area contributed by atoms with Crippen LogP contribution in [0.25, 0.3) is 0 Å². The molecule has 1 saturated heterocycles. The lowest BCUT2D eigenvalue weighted by Gasteiger charge is -2.31. The van der Waals surface area contributed by atoms with Gasteiger partial charge in [0.05, 0.1) is 10.5 Å². The first-order chi connectivity index (χ1) is 9.59. The fraction of sp³-hybridized carbons (Fsp3) is 0.500. The zero-order valence-corrected chi connectivity index (χ0v) is 12.1. The molecule has 1 unspecified atom stereocenters. The Balaban J connectivity index is 2.28. The Morgan fingerprint density at radius 1 is 1.40 bits per heavy atom. The van der Waals surface area contributed by atoms with Crippen LogP contribution in [-0.2, 0) is 10.0 Å². The standard InChI is InChI=1S/C14H19N3O2S/c15-8-7-12-4-3-9-17(11-12)20(18,19)14-6-2-1-5-13(14)10-16/h1-2,5-6,12H,3-4,7-9,11,15H2. The summed E-state index contributed by atoms with van der Waals surface area (Å²) in [7, 11) is -3.59. The van der Waals surface area contributed by atoms with E-state index >= 15 is 0 Å². The van der Waals surface area contributed by atoms with E-state index in [0.29, 0.717) is 25.6 Å². The van der Waals surface area contributed by atoms with Crippen LogP contribution in [0.2, 0.25) is 0 Å². The number of sulfonamides is 1. The molecule has 0 bridgehead atoms. The summed E-state index contributed by atoms with van der Waals surface area (Å²) in [5.41, 5.74) is 5.76. The quantitative estimate of drug-likeness (QED) is 0.906. The average Bonchev–Trinajstić information content (AvgIpc) is 2.48. The predicted molar refractivity (Wildman–Crippen MR) is 76.3 cm³/mol. The highest BCUT2D eigenvalue weighted by atomic mass is 32.2.